The van der Waals surface area contributed by atoms with Crippen molar-refractivity contribution in [3.8, 4) is 5.75 Å². The van der Waals surface area contributed by atoms with Gasteiger partial charge in [-0.1, -0.05) is 25.5 Å². The first-order valence-electron chi connectivity index (χ1n) is 9.49. The first-order valence-corrected chi connectivity index (χ1v) is 9.49. The van der Waals surface area contributed by atoms with Crippen molar-refractivity contribution in [3.63, 3.8) is 0 Å². The van der Waals surface area contributed by atoms with Crippen molar-refractivity contribution in [3.05, 3.63) is 29.8 Å². The van der Waals surface area contributed by atoms with E-state index in [-0.39, 0.29) is 24.0 Å². The molecule has 0 spiro atoms. The van der Waals surface area contributed by atoms with Gasteiger partial charge in [0.05, 0.1) is 33.5 Å². The van der Waals surface area contributed by atoms with Gasteiger partial charge in [0.15, 0.2) is 5.96 Å². The first-order chi connectivity index (χ1) is 12.7. The summed E-state index contributed by atoms with van der Waals surface area (Å²) in [5.74, 6) is 1.75. The number of methoxy groups -OCH3 is 1. The second-order valence-electron chi connectivity index (χ2n) is 6.02. The van der Waals surface area contributed by atoms with E-state index in [1.807, 2.05) is 19.2 Å². The van der Waals surface area contributed by atoms with Gasteiger partial charge in [-0.3, -0.25) is 4.99 Å². The monoisotopic (exact) mass is 493 g/mol. The van der Waals surface area contributed by atoms with Crippen LogP contribution in [0.25, 0.3) is 0 Å². The van der Waals surface area contributed by atoms with E-state index in [0.29, 0.717) is 26.4 Å². The zero-order valence-electron chi connectivity index (χ0n) is 17.2. The van der Waals surface area contributed by atoms with Crippen molar-refractivity contribution in [2.75, 3.05) is 53.7 Å². The van der Waals surface area contributed by atoms with E-state index in [2.05, 4.69) is 41.2 Å². The maximum atomic E-state index is 5.57. The molecule has 0 radical (unpaired) electrons. The molecule has 0 heterocycles. The number of benzene rings is 1. The number of ether oxygens (including phenoxy) is 3. The van der Waals surface area contributed by atoms with Crippen molar-refractivity contribution in [2.45, 2.75) is 33.2 Å². The Morgan fingerprint density at radius 2 is 1.70 bits per heavy atom. The quantitative estimate of drug-likeness (QED) is 0.197. The maximum Gasteiger partial charge on any atom is 0.194 e. The van der Waals surface area contributed by atoms with Crippen molar-refractivity contribution in [1.82, 2.24) is 10.2 Å². The maximum absolute atomic E-state index is 5.57. The predicted molar refractivity (Wildman–Crippen MR) is 122 cm³/mol. The van der Waals surface area contributed by atoms with E-state index in [4.69, 9.17) is 14.2 Å². The Balaban J connectivity index is 0.00000676. The number of hydrogen-bond acceptors (Lipinski definition) is 4. The molecule has 0 aliphatic carbocycles. The molecule has 156 valence electrons. The lowest BCUT2D eigenvalue weighted by molar-refractivity contribution is 0.0497. The average Bonchev–Trinajstić information content (AvgIpc) is 2.66. The average molecular weight is 493 g/mol. The molecule has 0 unspecified atom stereocenters. The molecule has 0 saturated heterocycles. The van der Waals surface area contributed by atoms with Gasteiger partial charge in [0.2, 0.25) is 0 Å². The normalized spacial score (nSPS) is 11.0. The molecule has 7 heteroatoms. The number of nitrogens with one attached hydrogen (secondary N) is 1. The molecule has 27 heavy (non-hydrogen) atoms. The highest BCUT2D eigenvalue weighted by atomic mass is 127. The Labute approximate surface area is 181 Å². The highest BCUT2D eigenvalue weighted by Crippen LogP contribution is 2.12. The largest absolute Gasteiger partial charge is 0.497 e. The number of aliphatic imine (C=N–C) groups is 1. The molecule has 0 bridgehead atoms. The van der Waals surface area contributed by atoms with Crippen LogP contribution in [0, 0.1) is 0 Å². The van der Waals surface area contributed by atoms with Crippen LogP contribution in [-0.4, -0.2) is 64.5 Å². The van der Waals surface area contributed by atoms with Crippen molar-refractivity contribution < 1.29 is 14.2 Å². The SMILES string of the molecule is CCCCOCCOCCN=C(NCC)N(C)Cc1ccc(OC)cc1.I. The summed E-state index contributed by atoms with van der Waals surface area (Å²) in [4.78, 5) is 6.74. The minimum absolute atomic E-state index is 0. The van der Waals surface area contributed by atoms with Gasteiger partial charge in [-0.2, -0.15) is 0 Å². The summed E-state index contributed by atoms with van der Waals surface area (Å²) in [6.07, 6.45) is 2.27. The van der Waals surface area contributed by atoms with E-state index in [9.17, 15) is 0 Å². The zero-order chi connectivity index (χ0) is 19.0. The van der Waals surface area contributed by atoms with Gasteiger partial charge in [-0.05, 0) is 31.0 Å². The van der Waals surface area contributed by atoms with Gasteiger partial charge < -0.3 is 24.4 Å². The van der Waals surface area contributed by atoms with Crippen LogP contribution in [0.4, 0.5) is 0 Å². The van der Waals surface area contributed by atoms with Crippen LogP contribution in [0.1, 0.15) is 32.3 Å². The number of unbranched alkanes of at least 4 members (excludes halogenated alkanes) is 1. The smallest absolute Gasteiger partial charge is 0.194 e. The number of rotatable bonds is 13. The third kappa shape index (κ3) is 12.1. The van der Waals surface area contributed by atoms with Crippen LogP contribution in [0.3, 0.4) is 0 Å². The molecule has 0 fully saturated rings. The van der Waals surface area contributed by atoms with Crippen molar-refractivity contribution in [2.24, 2.45) is 4.99 Å². The predicted octanol–water partition coefficient (Wildman–Crippen LogP) is 3.54. The van der Waals surface area contributed by atoms with E-state index >= 15 is 0 Å². The molecule has 0 atom stereocenters. The van der Waals surface area contributed by atoms with E-state index in [0.717, 1.165) is 44.2 Å². The second-order valence-corrected chi connectivity index (χ2v) is 6.02. The number of hydrogen-bond donors (Lipinski definition) is 1. The number of nitrogens with zero attached hydrogens (tertiary/aromatic N) is 2. The third-order valence-corrected chi connectivity index (χ3v) is 3.79. The molecule has 0 aliphatic heterocycles. The van der Waals surface area contributed by atoms with Crippen LogP contribution in [-0.2, 0) is 16.0 Å². The van der Waals surface area contributed by atoms with Crippen LogP contribution in [0.2, 0.25) is 0 Å². The highest BCUT2D eigenvalue weighted by Gasteiger charge is 2.06. The van der Waals surface area contributed by atoms with Crippen molar-refractivity contribution >= 4 is 29.9 Å². The van der Waals surface area contributed by atoms with E-state index in [1.54, 1.807) is 7.11 Å². The van der Waals surface area contributed by atoms with E-state index < -0.39 is 0 Å². The number of halogens is 1. The Morgan fingerprint density at radius 3 is 2.30 bits per heavy atom. The Morgan fingerprint density at radius 1 is 1.04 bits per heavy atom. The fourth-order valence-corrected chi connectivity index (χ4v) is 2.33. The second kappa shape index (κ2) is 17.1. The first kappa shape index (κ1) is 25.9. The Hall–Kier alpha value is -1.06. The summed E-state index contributed by atoms with van der Waals surface area (Å²) in [5, 5.41) is 3.32. The molecule has 0 saturated carbocycles. The van der Waals surface area contributed by atoms with E-state index in [1.165, 1.54) is 5.56 Å². The number of guanidine groups is 1. The molecular weight excluding hydrogens is 457 g/mol. The summed E-state index contributed by atoms with van der Waals surface area (Å²) in [7, 11) is 3.71. The highest BCUT2D eigenvalue weighted by molar-refractivity contribution is 14.0. The molecule has 1 N–H and O–H groups in total. The van der Waals surface area contributed by atoms with Gasteiger partial charge >= 0.3 is 0 Å². The lowest BCUT2D eigenvalue weighted by atomic mass is 10.2. The summed E-state index contributed by atoms with van der Waals surface area (Å²) < 4.78 is 16.2. The molecule has 0 aromatic heterocycles. The molecule has 0 amide bonds. The fraction of sp³-hybridized carbons (Fsp3) is 0.650. The van der Waals surface area contributed by atoms with Crippen LogP contribution >= 0.6 is 24.0 Å². The molecule has 6 nitrogen and oxygen atoms in total. The zero-order valence-corrected chi connectivity index (χ0v) is 19.5. The Bertz CT molecular complexity index is 498. The van der Waals surface area contributed by atoms with Gasteiger partial charge in [0.1, 0.15) is 5.75 Å². The molecule has 0 aliphatic rings. The van der Waals surface area contributed by atoms with Gasteiger partial charge in [0.25, 0.3) is 0 Å². The minimum atomic E-state index is 0. The van der Waals surface area contributed by atoms with Gasteiger partial charge in [0, 0.05) is 26.7 Å². The van der Waals surface area contributed by atoms with Gasteiger partial charge in [-0.25, -0.2) is 0 Å². The fourth-order valence-electron chi connectivity index (χ4n) is 2.33. The summed E-state index contributed by atoms with van der Waals surface area (Å²) in [6, 6.07) is 8.09. The summed E-state index contributed by atoms with van der Waals surface area (Å²) in [5.41, 5.74) is 1.21. The molecule has 1 aromatic rings. The Kier molecular flexibility index (Phi) is 16.4. The molecular formula is C20H36IN3O3. The topological polar surface area (TPSA) is 55.3 Å². The molecule has 1 aromatic carbocycles. The van der Waals surface area contributed by atoms with Gasteiger partial charge in [-0.15, -0.1) is 24.0 Å². The van der Waals surface area contributed by atoms with Crippen LogP contribution in [0.15, 0.2) is 29.3 Å². The summed E-state index contributed by atoms with van der Waals surface area (Å²) >= 11 is 0. The lowest BCUT2D eigenvalue weighted by Gasteiger charge is -2.22. The van der Waals surface area contributed by atoms with Crippen molar-refractivity contribution in [1.29, 1.82) is 0 Å². The third-order valence-electron chi connectivity index (χ3n) is 3.79. The molecule has 1 rings (SSSR count). The summed E-state index contributed by atoms with van der Waals surface area (Å²) in [6.45, 7) is 9.16. The van der Waals surface area contributed by atoms with Crippen LogP contribution in [0.5, 0.6) is 5.75 Å². The minimum Gasteiger partial charge on any atom is -0.497 e. The van der Waals surface area contributed by atoms with Crippen LogP contribution < -0.4 is 10.1 Å². The standard InChI is InChI=1S/C20H35N3O3.HI/c1-5-7-13-25-15-16-26-14-12-22-20(21-6-2)23(3)17-18-8-10-19(24-4)11-9-18;/h8-11H,5-7,12-17H2,1-4H3,(H,21,22);1H. The lowest BCUT2D eigenvalue weighted by Crippen LogP contribution is -2.38.